The monoisotopic (exact) mass is 364 g/mol. The molecule has 0 N–H and O–H groups in total. The third kappa shape index (κ3) is 2.11. The number of hydrogen-bond donors (Lipinski definition) is 0. The van der Waals surface area contributed by atoms with Gasteiger partial charge in [-0.05, 0) is 34.4 Å². The first-order valence-corrected chi connectivity index (χ1v) is 8.40. The van der Waals surface area contributed by atoms with Crippen molar-refractivity contribution < 1.29 is 22.7 Å². The molecule has 1 aromatic heterocycles. The second kappa shape index (κ2) is 5.58. The van der Waals surface area contributed by atoms with E-state index in [2.05, 4.69) is 0 Å². The van der Waals surface area contributed by atoms with Gasteiger partial charge in [-0.1, -0.05) is 24.3 Å². The van der Waals surface area contributed by atoms with Crippen LogP contribution in [0.5, 0.6) is 11.5 Å². The first kappa shape index (κ1) is 15.9. The van der Waals surface area contributed by atoms with Crippen LogP contribution in [0.3, 0.4) is 0 Å². The molecule has 0 saturated heterocycles. The molecule has 27 heavy (non-hydrogen) atoms. The SMILES string of the molecule is COc1cc2c3ccccc3c3c4cc(F)c(F)cc4oc3c2cc1OC. The average Bonchev–Trinajstić information content (AvgIpc) is 3.05. The molecule has 5 aromatic rings. The van der Waals surface area contributed by atoms with Gasteiger partial charge in [-0.25, -0.2) is 8.78 Å². The predicted molar refractivity (Wildman–Crippen MR) is 102 cm³/mol. The van der Waals surface area contributed by atoms with E-state index >= 15 is 0 Å². The second-order valence-corrected chi connectivity index (χ2v) is 6.37. The summed E-state index contributed by atoms with van der Waals surface area (Å²) in [6, 6.07) is 13.8. The van der Waals surface area contributed by atoms with E-state index in [1.165, 1.54) is 6.07 Å². The van der Waals surface area contributed by atoms with Crippen molar-refractivity contribution in [1.82, 2.24) is 0 Å². The lowest BCUT2D eigenvalue weighted by Gasteiger charge is -2.12. The fraction of sp³-hybridized carbons (Fsp3) is 0.0909. The van der Waals surface area contributed by atoms with Gasteiger partial charge in [0.25, 0.3) is 0 Å². The highest BCUT2D eigenvalue weighted by Gasteiger charge is 2.19. The standard InChI is InChI=1S/C22H14F2O3/c1-25-19-8-13-11-5-3-4-6-12(11)21-15-7-16(23)17(24)10-18(15)27-22(21)14(13)9-20(19)26-2/h3-10H,1-2H3. The van der Waals surface area contributed by atoms with Gasteiger partial charge < -0.3 is 13.9 Å². The van der Waals surface area contributed by atoms with E-state index in [1.54, 1.807) is 14.2 Å². The van der Waals surface area contributed by atoms with Gasteiger partial charge in [-0.15, -0.1) is 0 Å². The summed E-state index contributed by atoms with van der Waals surface area (Å²) in [6.45, 7) is 0. The zero-order valence-electron chi connectivity index (χ0n) is 14.6. The molecule has 0 radical (unpaired) electrons. The molecule has 0 aliphatic heterocycles. The molecule has 0 atom stereocenters. The lowest BCUT2D eigenvalue weighted by atomic mass is 9.96. The molecule has 0 bridgehead atoms. The minimum Gasteiger partial charge on any atom is -0.493 e. The van der Waals surface area contributed by atoms with Gasteiger partial charge >= 0.3 is 0 Å². The van der Waals surface area contributed by atoms with Crippen molar-refractivity contribution in [2.24, 2.45) is 0 Å². The summed E-state index contributed by atoms with van der Waals surface area (Å²) in [5.41, 5.74) is 0.862. The van der Waals surface area contributed by atoms with E-state index < -0.39 is 11.6 Å². The van der Waals surface area contributed by atoms with Crippen molar-refractivity contribution in [3.63, 3.8) is 0 Å². The van der Waals surface area contributed by atoms with Crippen LogP contribution in [0.2, 0.25) is 0 Å². The molecular weight excluding hydrogens is 350 g/mol. The van der Waals surface area contributed by atoms with E-state index in [1.807, 2.05) is 36.4 Å². The van der Waals surface area contributed by atoms with E-state index in [9.17, 15) is 8.78 Å². The van der Waals surface area contributed by atoms with Crippen molar-refractivity contribution in [2.45, 2.75) is 0 Å². The van der Waals surface area contributed by atoms with E-state index in [0.29, 0.717) is 28.1 Å². The maximum atomic E-state index is 13.9. The number of benzene rings is 4. The van der Waals surface area contributed by atoms with Crippen LogP contribution in [0, 0.1) is 11.6 Å². The first-order valence-electron chi connectivity index (χ1n) is 8.40. The number of rotatable bonds is 2. The number of methoxy groups -OCH3 is 2. The lowest BCUT2D eigenvalue weighted by Crippen LogP contribution is -1.91. The van der Waals surface area contributed by atoms with Gasteiger partial charge in [0.2, 0.25) is 0 Å². The molecule has 5 heteroatoms. The van der Waals surface area contributed by atoms with Gasteiger partial charge in [0.1, 0.15) is 11.2 Å². The van der Waals surface area contributed by atoms with E-state index in [4.69, 9.17) is 13.9 Å². The van der Waals surface area contributed by atoms with Crippen molar-refractivity contribution in [3.05, 3.63) is 60.2 Å². The summed E-state index contributed by atoms with van der Waals surface area (Å²) in [5, 5.41) is 4.86. The third-order valence-corrected chi connectivity index (χ3v) is 4.99. The van der Waals surface area contributed by atoms with Crippen LogP contribution in [0.4, 0.5) is 8.78 Å². The summed E-state index contributed by atoms with van der Waals surface area (Å²) < 4.78 is 44.5. The van der Waals surface area contributed by atoms with Crippen molar-refractivity contribution >= 4 is 43.5 Å². The number of furan rings is 1. The zero-order valence-corrected chi connectivity index (χ0v) is 14.6. The molecule has 0 unspecified atom stereocenters. The van der Waals surface area contributed by atoms with Gasteiger partial charge in [0.15, 0.2) is 23.1 Å². The predicted octanol–water partition coefficient (Wildman–Crippen LogP) is 6.19. The van der Waals surface area contributed by atoms with Crippen LogP contribution in [0.25, 0.3) is 43.5 Å². The van der Waals surface area contributed by atoms with Crippen LogP contribution >= 0.6 is 0 Å². The Kier molecular flexibility index (Phi) is 3.28. The maximum absolute atomic E-state index is 13.9. The van der Waals surface area contributed by atoms with Crippen LogP contribution < -0.4 is 9.47 Å². The van der Waals surface area contributed by atoms with Crippen molar-refractivity contribution in [2.75, 3.05) is 14.2 Å². The molecule has 0 amide bonds. The molecule has 134 valence electrons. The Hall–Kier alpha value is -3.34. The molecule has 5 rings (SSSR count). The van der Waals surface area contributed by atoms with Crippen molar-refractivity contribution in [1.29, 1.82) is 0 Å². The van der Waals surface area contributed by atoms with Gasteiger partial charge in [0.05, 0.1) is 14.2 Å². The second-order valence-electron chi connectivity index (χ2n) is 6.37. The highest BCUT2D eigenvalue weighted by atomic mass is 19.2. The molecule has 0 aliphatic carbocycles. The molecular formula is C22H14F2O3. The van der Waals surface area contributed by atoms with Gasteiger partial charge in [0, 0.05) is 22.2 Å². The lowest BCUT2D eigenvalue weighted by molar-refractivity contribution is 0.356. The zero-order chi connectivity index (χ0) is 18.7. The molecule has 0 saturated carbocycles. The average molecular weight is 364 g/mol. The molecule has 0 spiro atoms. The number of hydrogen-bond acceptors (Lipinski definition) is 3. The quantitative estimate of drug-likeness (QED) is 0.350. The Balaban J connectivity index is 2.11. The normalized spacial score (nSPS) is 11.7. The molecule has 3 nitrogen and oxygen atoms in total. The molecule has 4 aromatic carbocycles. The fourth-order valence-electron chi connectivity index (χ4n) is 3.77. The summed E-state index contributed by atoms with van der Waals surface area (Å²) in [5.74, 6) is -0.682. The van der Waals surface area contributed by atoms with E-state index in [0.717, 1.165) is 33.0 Å². The summed E-state index contributed by atoms with van der Waals surface area (Å²) in [7, 11) is 3.14. The largest absolute Gasteiger partial charge is 0.493 e. The number of halogens is 2. The van der Waals surface area contributed by atoms with Gasteiger partial charge in [-0.2, -0.15) is 0 Å². The molecule has 0 aliphatic rings. The molecule has 1 heterocycles. The maximum Gasteiger partial charge on any atom is 0.162 e. The highest BCUT2D eigenvalue weighted by Crippen LogP contribution is 2.44. The summed E-state index contributed by atoms with van der Waals surface area (Å²) >= 11 is 0. The Morgan fingerprint density at radius 1 is 0.704 bits per heavy atom. The van der Waals surface area contributed by atoms with Gasteiger partial charge in [-0.3, -0.25) is 0 Å². The van der Waals surface area contributed by atoms with Crippen LogP contribution in [0.1, 0.15) is 0 Å². The Morgan fingerprint density at radius 2 is 1.33 bits per heavy atom. The molecule has 0 fully saturated rings. The highest BCUT2D eigenvalue weighted by molar-refractivity contribution is 6.30. The van der Waals surface area contributed by atoms with Crippen LogP contribution in [0.15, 0.2) is 52.9 Å². The van der Waals surface area contributed by atoms with Crippen LogP contribution in [-0.4, -0.2) is 14.2 Å². The minimum absolute atomic E-state index is 0.302. The Morgan fingerprint density at radius 3 is 2.04 bits per heavy atom. The Bertz CT molecular complexity index is 1370. The van der Waals surface area contributed by atoms with E-state index in [-0.39, 0.29) is 0 Å². The number of fused-ring (bicyclic) bond motifs is 8. The third-order valence-electron chi connectivity index (χ3n) is 4.99. The summed E-state index contributed by atoms with van der Waals surface area (Å²) in [6.07, 6.45) is 0. The smallest absolute Gasteiger partial charge is 0.162 e. The van der Waals surface area contributed by atoms with Crippen LogP contribution in [-0.2, 0) is 0 Å². The summed E-state index contributed by atoms with van der Waals surface area (Å²) in [4.78, 5) is 0. The number of ether oxygens (including phenoxy) is 2. The fourth-order valence-corrected chi connectivity index (χ4v) is 3.77. The Labute approximate surface area is 152 Å². The van der Waals surface area contributed by atoms with Crippen molar-refractivity contribution in [3.8, 4) is 11.5 Å². The minimum atomic E-state index is -0.936. The topological polar surface area (TPSA) is 31.6 Å². The first-order chi connectivity index (χ1) is 13.1.